The van der Waals surface area contributed by atoms with Gasteiger partial charge in [0.1, 0.15) is 11.9 Å². The third-order valence-electron chi connectivity index (χ3n) is 2.59. The van der Waals surface area contributed by atoms with Gasteiger partial charge in [-0.3, -0.25) is 0 Å². The lowest BCUT2D eigenvalue weighted by molar-refractivity contribution is -0.159. The van der Waals surface area contributed by atoms with E-state index in [4.69, 9.17) is 0 Å². The van der Waals surface area contributed by atoms with Crippen molar-refractivity contribution in [1.82, 2.24) is 0 Å². The Bertz CT molecular complexity index is 497. The summed E-state index contributed by atoms with van der Waals surface area (Å²) in [5.41, 5.74) is -0.108. The number of hydrogen-bond acceptors (Lipinski definition) is 7. The summed E-state index contributed by atoms with van der Waals surface area (Å²) in [4.78, 5) is 22.7. The average molecular weight is 284 g/mol. The zero-order chi connectivity index (χ0) is 15.3. The number of aromatic hydroxyl groups is 1. The van der Waals surface area contributed by atoms with E-state index in [-0.39, 0.29) is 23.5 Å². The van der Waals surface area contributed by atoms with Gasteiger partial charge in [0.2, 0.25) is 0 Å². The first kappa shape index (κ1) is 15.9. The van der Waals surface area contributed by atoms with Gasteiger partial charge in [0.05, 0.1) is 19.3 Å². The molecule has 0 aliphatic rings. The number of rotatable bonds is 5. The number of phenols is 1. The second-order valence-electron chi connectivity index (χ2n) is 3.91. The summed E-state index contributed by atoms with van der Waals surface area (Å²) in [7, 11) is 1.18. The Morgan fingerprint density at radius 1 is 1.30 bits per heavy atom. The molecule has 0 amide bonds. The van der Waals surface area contributed by atoms with Crippen LogP contribution in [0.1, 0.15) is 28.9 Å². The number of carbonyl (C=O) groups excluding carboxylic acids is 2. The molecule has 0 radical (unpaired) electrons. The lowest BCUT2D eigenvalue weighted by Gasteiger charge is -2.18. The van der Waals surface area contributed by atoms with Crippen molar-refractivity contribution in [2.75, 3.05) is 13.7 Å². The fourth-order valence-corrected chi connectivity index (χ4v) is 1.56. The molecule has 7 nitrogen and oxygen atoms in total. The van der Waals surface area contributed by atoms with Crippen LogP contribution in [-0.2, 0) is 14.3 Å². The molecule has 1 rings (SSSR count). The topological polar surface area (TPSA) is 113 Å². The van der Waals surface area contributed by atoms with Crippen LogP contribution in [0, 0.1) is 0 Å². The van der Waals surface area contributed by atoms with Gasteiger partial charge in [-0.05, 0) is 25.1 Å². The monoisotopic (exact) mass is 284 g/mol. The fraction of sp³-hybridized carbons (Fsp3) is 0.385. The Labute approximate surface area is 115 Å². The third-order valence-corrected chi connectivity index (χ3v) is 2.59. The predicted molar refractivity (Wildman–Crippen MR) is 67.0 cm³/mol. The maximum Gasteiger partial charge on any atom is 0.338 e. The molecular formula is C13H16O7. The molecule has 1 aromatic carbocycles. The molecule has 0 heterocycles. The maximum absolute atomic E-state index is 11.4. The van der Waals surface area contributed by atoms with E-state index in [1.807, 2.05) is 0 Å². The number of phenolic OH excluding ortho intramolecular Hbond substituents is 1. The van der Waals surface area contributed by atoms with Gasteiger partial charge in [0, 0.05) is 5.56 Å². The van der Waals surface area contributed by atoms with Gasteiger partial charge in [-0.2, -0.15) is 0 Å². The zero-order valence-electron chi connectivity index (χ0n) is 11.1. The van der Waals surface area contributed by atoms with Crippen LogP contribution in [0.5, 0.6) is 5.75 Å². The van der Waals surface area contributed by atoms with Gasteiger partial charge in [-0.25, -0.2) is 9.59 Å². The summed E-state index contributed by atoms with van der Waals surface area (Å²) in [6, 6.07) is 3.57. The molecule has 1 aromatic rings. The van der Waals surface area contributed by atoms with Crippen LogP contribution in [0.2, 0.25) is 0 Å². The minimum atomic E-state index is -1.87. The summed E-state index contributed by atoms with van der Waals surface area (Å²) < 4.78 is 9.06. The van der Waals surface area contributed by atoms with Crippen molar-refractivity contribution >= 4 is 11.9 Å². The van der Waals surface area contributed by atoms with Crippen LogP contribution in [0.25, 0.3) is 0 Å². The van der Waals surface area contributed by atoms with Crippen molar-refractivity contribution in [2.45, 2.75) is 19.1 Å². The molecule has 0 fully saturated rings. The first-order chi connectivity index (χ1) is 9.42. The van der Waals surface area contributed by atoms with E-state index >= 15 is 0 Å². The standard InChI is InChI=1S/C13H16O7/c1-3-20-13(18)11(16)10(15)8-6-7(12(17)19-2)4-5-9(8)14/h4-6,10-11,14-16H,3H2,1-2H3. The largest absolute Gasteiger partial charge is 0.508 e. The Morgan fingerprint density at radius 2 is 1.95 bits per heavy atom. The molecular weight excluding hydrogens is 268 g/mol. The van der Waals surface area contributed by atoms with Gasteiger partial charge in [-0.1, -0.05) is 0 Å². The maximum atomic E-state index is 11.4. The van der Waals surface area contributed by atoms with E-state index < -0.39 is 24.1 Å². The number of esters is 2. The molecule has 0 bridgehead atoms. The van der Waals surface area contributed by atoms with E-state index in [2.05, 4.69) is 9.47 Å². The summed E-state index contributed by atoms with van der Waals surface area (Å²) in [6.45, 7) is 1.59. The van der Waals surface area contributed by atoms with Gasteiger partial charge in [0.15, 0.2) is 6.10 Å². The van der Waals surface area contributed by atoms with Crippen molar-refractivity contribution in [3.63, 3.8) is 0 Å². The summed E-state index contributed by atoms with van der Waals surface area (Å²) in [5.74, 6) is -2.07. The summed E-state index contributed by atoms with van der Waals surface area (Å²) >= 11 is 0. The molecule has 0 aromatic heterocycles. The van der Waals surface area contributed by atoms with E-state index in [1.54, 1.807) is 6.92 Å². The van der Waals surface area contributed by atoms with Crippen molar-refractivity contribution in [1.29, 1.82) is 0 Å². The van der Waals surface area contributed by atoms with Crippen LogP contribution in [0.3, 0.4) is 0 Å². The minimum absolute atomic E-state index is 0.0385. The van der Waals surface area contributed by atoms with Crippen LogP contribution in [0.15, 0.2) is 18.2 Å². The van der Waals surface area contributed by atoms with Crippen molar-refractivity contribution in [3.05, 3.63) is 29.3 Å². The van der Waals surface area contributed by atoms with Crippen molar-refractivity contribution in [2.24, 2.45) is 0 Å². The van der Waals surface area contributed by atoms with Gasteiger partial charge >= 0.3 is 11.9 Å². The van der Waals surface area contributed by atoms with Crippen LogP contribution in [-0.4, -0.2) is 47.1 Å². The Hall–Kier alpha value is -2.12. The highest BCUT2D eigenvalue weighted by Crippen LogP contribution is 2.28. The number of hydrogen-bond donors (Lipinski definition) is 3. The highest BCUT2D eigenvalue weighted by atomic mass is 16.5. The second kappa shape index (κ2) is 6.88. The quantitative estimate of drug-likeness (QED) is 0.659. The second-order valence-corrected chi connectivity index (χ2v) is 3.91. The SMILES string of the molecule is CCOC(=O)C(O)C(O)c1cc(C(=O)OC)ccc1O. The van der Waals surface area contributed by atoms with Gasteiger partial charge in [0.25, 0.3) is 0 Å². The molecule has 0 aliphatic carbocycles. The first-order valence-electron chi connectivity index (χ1n) is 5.86. The van der Waals surface area contributed by atoms with E-state index in [0.717, 1.165) is 12.1 Å². The summed E-state index contributed by atoms with van der Waals surface area (Å²) in [6.07, 6.45) is -3.59. The lowest BCUT2D eigenvalue weighted by atomic mass is 10.0. The molecule has 0 saturated heterocycles. The first-order valence-corrected chi connectivity index (χ1v) is 5.86. The molecule has 3 N–H and O–H groups in total. The average Bonchev–Trinajstić information content (AvgIpc) is 2.45. The normalized spacial score (nSPS) is 13.4. The molecule has 0 spiro atoms. The Morgan fingerprint density at radius 3 is 2.50 bits per heavy atom. The minimum Gasteiger partial charge on any atom is -0.508 e. The number of ether oxygens (including phenoxy) is 2. The molecule has 0 saturated carbocycles. The number of aliphatic hydroxyl groups is 2. The molecule has 2 unspecified atom stereocenters. The van der Waals surface area contributed by atoms with E-state index in [1.165, 1.54) is 13.2 Å². The third kappa shape index (κ3) is 3.46. The Kier molecular flexibility index (Phi) is 5.48. The number of methoxy groups -OCH3 is 1. The summed E-state index contributed by atoms with van der Waals surface area (Å²) in [5, 5.41) is 29.2. The molecule has 2 atom stereocenters. The van der Waals surface area contributed by atoms with E-state index in [9.17, 15) is 24.9 Å². The fourth-order valence-electron chi connectivity index (χ4n) is 1.56. The predicted octanol–water partition coefficient (Wildman–Crippen LogP) is 0.136. The van der Waals surface area contributed by atoms with Crippen molar-refractivity contribution < 1.29 is 34.4 Å². The van der Waals surface area contributed by atoms with Crippen molar-refractivity contribution in [3.8, 4) is 5.75 Å². The van der Waals surface area contributed by atoms with Crippen LogP contribution < -0.4 is 0 Å². The number of aliphatic hydroxyl groups excluding tert-OH is 2. The highest BCUT2D eigenvalue weighted by Gasteiger charge is 2.29. The van der Waals surface area contributed by atoms with Crippen LogP contribution in [0.4, 0.5) is 0 Å². The van der Waals surface area contributed by atoms with Gasteiger partial charge < -0.3 is 24.8 Å². The highest BCUT2D eigenvalue weighted by molar-refractivity contribution is 5.89. The van der Waals surface area contributed by atoms with E-state index in [0.29, 0.717) is 0 Å². The number of benzene rings is 1. The van der Waals surface area contributed by atoms with Crippen LogP contribution >= 0.6 is 0 Å². The molecule has 0 aliphatic heterocycles. The zero-order valence-corrected chi connectivity index (χ0v) is 11.1. The number of carbonyl (C=O) groups is 2. The molecule has 20 heavy (non-hydrogen) atoms. The molecule has 7 heteroatoms. The Balaban J connectivity index is 3.05. The van der Waals surface area contributed by atoms with Gasteiger partial charge in [-0.15, -0.1) is 0 Å². The smallest absolute Gasteiger partial charge is 0.338 e. The lowest BCUT2D eigenvalue weighted by Crippen LogP contribution is -2.30. The molecule has 110 valence electrons.